The monoisotopic (exact) mass is 409 g/mol. The lowest BCUT2D eigenvalue weighted by Crippen LogP contribution is -2.43. The Kier molecular flexibility index (Phi) is 5.17. The topological polar surface area (TPSA) is 86.8 Å². The van der Waals surface area contributed by atoms with Gasteiger partial charge in [-0.25, -0.2) is 8.42 Å². The molecule has 0 unspecified atom stereocenters. The normalized spacial score (nSPS) is 21.8. The summed E-state index contributed by atoms with van der Waals surface area (Å²) < 4.78 is 27.5. The van der Waals surface area contributed by atoms with Crippen molar-refractivity contribution in [2.45, 2.75) is 35.5 Å². The summed E-state index contributed by atoms with van der Waals surface area (Å²) in [6.07, 6.45) is 3.25. The maximum Gasteiger partial charge on any atom is 0.243 e. The summed E-state index contributed by atoms with van der Waals surface area (Å²) in [5, 5.41) is 2.74. The van der Waals surface area contributed by atoms with Crippen LogP contribution < -0.4 is 5.32 Å². The van der Waals surface area contributed by atoms with E-state index in [9.17, 15) is 18.0 Å². The predicted molar refractivity (Wildman–Crippen MR) is 103 cm³/mol. The van der Waals surface area contributed by atoms with Crippen LogP contribution in [0.15, 0.2) is 28.0 Å². The highest BCUT2D eigenvalue weighted by Crippen LogP contribution is 2.34. The molecule has 0 radical (unpaired) electrons. The Hall–Kier alpha value is -1.58. The maximum atomic E-state index is 13.0. The summed E-state index contributed by atoms with van der Waals surface area (Å²) in [4.78, 5) is 27.1. The molecule has 2 amide bonds. The minimum absolute atomic E-state index is 0.0752. The summed E-state index contributed by atoms with van der Waals surface area (Å²) in [6.45, 7) is 2.36. The van der Waals surface area contributed by atoms with Gasteiger partial charge >= 0.3 is 0 Å². The van der Waals surface area contributed by atoms with Crippen LogP contribution >= 0.6 is 11.8 Å². The zero-order chi connectivity index (χ0) is 19.0. The minimum atomic E-state index is -3.63. The second kappa shape index (κ2) is 7.44. The van der Waals surface area contributed by atoms with Gasteiger partial charge in [-0.2, -0.15) is 4.31 Å². The van der Waals surface area contributed by atoms with E-state index in [0.29, 0.717) is 37.4 Å². The van der Waals surface area contributed by atoms with Crippen LogP contribution in [0.2, 0.25) is 0 Å². The number of amides is 2. The predicted octanol–water partition coefficient (Wildman–Crippen LogP) is 1.75. The van der Waals surface area contributed by atoms with Gasteiger partial charge in [0.2, 0.25) is 21.8 Å². The van der Waals surface area contributed by atoms with Crippen LogP contribution in [0.3, 0.4) is 0 Å². The first-order valence-corrected chi connectivity index (χ1v) is 11.7. The van der Waals surface area contributed by atoms with E-state index in [-0.39, 0.29) is 22.6 Å². The third-order valence-electron chi connectivity index (χ3n) is 5.44. The van der Waals surface area contributed by atoms with Crippen molar-refractivity contribution in [1.29, 1.82) is 0 Å². The second-order valence-electron chi connectivity index (χ2n) is 7.21. The van der Waals surface area contributed by atoms with Gasteiger partial charge in [0.15, 0.2) is 0 Å². The van der Waals surface area contributed by atoms with Gasteiger partial charge < -0.3 is 10.2 Å². The number of anilines is 1. The Morgan fingerprint density at radius 2 is 1.81 bits per heavy atom. The number of fused-ring (bicyclic) bond motifs is 1. The van der Waals surface area contributed by atoms with E-state index in [1.54, 1.807) is 12.1 Å². The molecule has 0 bridgehead atoms. The van der Waals surface area contributed by atoms with Crippen LogP contribution in [0.4, 0.5) is 5.69 Å². The molecular formula is C18H23N3O4S2. The Labute approximate surface area is 163 Å². The summed E-state index contributed by atoms with van der Waals surface area (Å²) in [6, 6.07) is 4.88. The van der Waals surface area contributed by atoms with E-state index in [4.69, 9.17) is 0 Å². The average Bonchev–Trinajstić information content (AvgIpc) is 3.21. The van der Waals surface area contributed by atoms with Crippen molar-refractivity contribution in [3.05, 3.63) is 18.2 Å². The number of likely N-dealkylation sites (tertiary alicyclic amines) is 1. The van der Waals surface area contributed by atoms with Gasteiger partial charge in [0.05, 0.1) is 16.3 Å². The third kappa shape index (κ3) is 3.72. The Bertz CT molecular complexity index is 857. The number of carbonyl (C=O) groups excluding carboxylic acids is 2. The van der Waals surface area contributed by atoms with Crippen LogP contribution in [0.5, 0.6) is 0 Å². The minimum Gasteiger partial charge on any atom is -0.342 e. The standard InChI is InChI=1S/C18H23N3O4S2/c22-17-12-26-16-4-3-14(11-15(16)19-17)27(24,25)21-9-5-13(6-10-21)18(23)20-7-1-2-8-20/h3-4,11,13H,1-2,5-10,12H2,(H,19,22). The lowest BCUT2D eigenvalue weighted by molar-refractivity contribution is -0.135. The lowest BCUT2D eigenvalue weighted by Gasteiger charge is -2.32. The summed E-state index contributed by atoms with van der Waals surface area (Å²) in [5.74, 6) is 0.326. The molecule has 7 nitrogen and oxygen atoms in total. The number of hydrogen-bond donors (Lipinski definition) is 1. The van der Waals surface area contributed by atoms with Crippen LogP contribution in [0, 0.1) is 5.92 Å². The van der Waals surface area contributed by atoms with Crippen LogP contribution in [0.1, 0.15) is 25.7 Å². The number of benzene rings is 1. The van der Waals surface area contributed by atoms with Gasteiger partial charge in [-0.05, 0) is 43.9 Å². The number of hydrogen-bond acceptors (Lipinski definition) is 5. The molecule has 4 rings (SSSR count). The van der Waals surface area contributed by atoms with Gasteiger partial charge in [-0.15, -0.1) is 11.8 Å². The Balaban J connectivity index is 1.45. The first kappa shape index (κ1) is 18.8. The van der Waals surface area contributed by atoms with Gasteiger partial charge in [0, 0.05) is 37.0 Å². The lowest BCUT2D eigenvalue weighted by atomic mass is 9.97. The molecule has 27 heavy (non-hydrogen) atoms. The van der Waals surface area contributed by atoms with Crippen molar-refractivity contribution < 1.29 is 18.0 Å². The summed E-state index contributed by atoms with van der Waals surface area (Å²) >= 11 is 1.40. The molecular weight excluding hydrogens is 386 g/mol. The van der Waals surface area contributed by atoms with E-state index < -0.39 is 10.0 Å². The maximum absolute atomic E-state index is 13.0. The van der Waals surface area contributed by atoms with E-state index >= 15 is 0 Å². The first-order valence-electron chi connectivity index (χ1n) is 9.31. The number of carbonyl (C=O) groups is 2. The molecule has 9 heteroatoms. The third-order valence-corrected chi connectivity index (χ3v) is 8.41. The van der Waals surface area contributed by atoms with Crippen molar-refractivity contribution in [2.24, 2.45) is 5.92 Å². The van der Waals surface area contributed by atoms with E-state index in [2.05, 4.69) is 5.32 Å². The van der Waals surface area contributed by atoms with Crippen LogP contribution in [-0.2, 0) is 19.6 Å². The Morgan fingerprint density at radius 3 is 2.52 bits per heavy atom. The molecule has 0 spiro atoms. The number of thioether (sulfide) groups is 1. The van der Waals surface area contributed by atoms with Gasteiger partial charge in [0.25, 0.3) is 0 Å². The number of nitrogens with zero attached hydrogens (tertiary/aromatic N) is 2. The number of piperidine rings is 1. The molecule has 146 valence electrons. The number of sulfonamides is 1. The second-order valence-corrected chi connectivity index (χ2v) is 10.2. The molecule has 3 aliphatic heterocycles. The highest BCUT2D eigenvalue weighted by atomic mass is 32.2. The molecule has 2 fully saturated rings. The number of nitrogens with one attached hydrogen (secondary N) is 1. The van der Waals surface area contributed by atoms with Crippen LogP contribution in [-0.4, -0.2) is 61.4 Å². The van der Waals surface area contributed by atoms with Crippen molar-refractivity contribution in [3.8, 4) is 0 Å². The molecule has 1 aromatic rings. The molecule has 0 aliphatic carbocycles. The molecule has 3 aliphatic rings. The fourth-order valence-electron chi connectivity index (χ4n) is 3.91. The largest absolute Gasteiger partial charge is 0.342 e. The molecule has 1 N–H and O–H groups in total. The smallest absolute Gasteiger partial charge is 0.243 e. The molecule has 0 saturated carbocycles. The first-order chi connectivity index (χ1) is 12.9. The zero-order valence-corrected chi connectivity index (χ0v) is 16.7. The molecule has 2 saturated heterocycles. The van der Waals surface area contributed by atoms with Crippen molar-refractivity contribution in [1.82, 2.24) is 9.21 Å². The fourth-order valence-corrected chi connectivity index (χ4v) is 6.20. The molecule has 1 aromatic carbocycles. The van der Waals surface area contributed by atoms with E-state index in [1.807, 2.05) is 4.90 Å². The average molecular weight is 410 g/mol. The van der Waals surface area contributed by atoms with Crippen molar-refractivity contribution >= 4 is 39.3 Å². The highest BCUT2D eigenvalue weighted by Gasteiger charge is 2.34. The quantitative estimate of drug-likeness (QED) is 0.822. The zero-order valence-electron chi connectivity index (χ0n) is 15.0. The van der Waals surface area contributed by atoms with Crippen molar-refractivity contribution in [3.63, 3.8) is 0 Å². The fraction of sp³-hybridized carbons (Fsp3) is 0.556. The van der Waals surface area contributed by atoms with Gasteiger partial charge in [0.1, 0.15) is 0 Å². The van der Waals surface area contributed by atoms with Gasteiger partial charge in [-0.1, -0.05) is 0 Å². The molecule has 0 atom stereocenters. The molecule has 3 heterocycles. The van der Waals surface area contributed by atoms with E-state index in [1.165, 1.54) is 22.1 Å². The summed E-state index contributed by atoms with van der Waals surface area (Å²) in [7, 11) is -3.63. The van der Waals surface area contributed by atoms with E-state index in [0.717, 1.165) is 30.8 Å². The summed E-state index contributed by atoms with van der Waals surface area (Å²) in [5.41, 5.74) is 0.552. The van der Waals surface area contributed by atoms with Gasteiger partial charge in [-0.3, -0.25) is 9.59 Å². The SMILES string of the molecule is O=C1CSc2ccc(S(=O)(=O)N3CCC(C(=O)N4CCCC4)CC3)cc2N1. The number of rotatable bonds is 3. The Morgan fingerprint density at radius 1 is 1.11 bits per heavy atom. The van der Waals surface area contributed by atoms with Crippen LogP contribution in [0.25, 0.3) is 0 Å². The highest BCUT2D eigenvalue weighted by molar-refractivity contribution is 8.00. The van der Waals surface area contributed by atoms with Crippen molar-refractivity contribution in [2.75, 3.05) is 37.2 Å². The molecule has 0 aromatic heterocycles.